The Labute approximate surface area is 81.8 Å². The molecule has 3 N–H and O–H groups in total. The van der Waals surface area contributed by atoms with Gasteiger partial charge in [0.25, 0.3) is 0 Å². The predicted octanol–water partition coefficient (Wildman–Crippen LogP) is 0.829. The van der Waals surface area contributed by atoms with Gasteiger partial charge in [0, 0.05) is 6.20 Å². The monoisotopic (exact) mass is 198 g/mol. The number of aromatic nitrogens is 3. The van der Waals surface area contributed by atoms with E-state index in [1.165, 1.54) is 0 Å². The van der Waals surface area contributed by atoms with Crippen molar-refractivity contribution in [1.29, 1.82) is 0 Å². The van der Waals surface area contributed by atoms with Crippen LogP contribution < -0.4 is 5.73 Å². The fourth-order valence-corrected chi connectivity index (χ4v) is 1.34. The smallest absolute Gasteiger partial charge is 0.404 e. The molecule has 0 spiro atoms. The van der Waals surface area contributed by atoms with Crippen LogP contribution in [0.3, 0.4) is 0 Å². The van der Waals surface area contributed by atoms with Crippen LogP contribution in [0.25, 0.3) is 0 Å². The molecule has 1 aromatic heterocycles. The van der Waals surface area contributed by atoms with Crippen LogP contribution in [0.5, 0.6) is 0 Å². The van der Waals surface area contributed by atoms with E-state index in [-0.39, 0.29) is 6.10 Å². The van der Waals surface area contributed by atoms with Crippen molar-refractivity contribution in [3.8, 4) is 0 Å². The van der Waals surface area contributed by atoms with Crippen molar-refractivity contribution in [2.75, 3.05) is 0 Å². The highest BCUT2D eigenvalue weighted by Crippen LogP contribution is 2.20. The van der Waals surface area contributed by atoms with Gasteiger partial charge < -0.3 is 10.5 Å². The van der Waals surface area contributed by atoms with E-state index in [0.29, 0.717) is 0 Å². The molecule has 6 nitrogen and oxygen atoms in total. The van der Waals surface area contributed by atoms with Crippen LogP contribution in [0, 0.1) is 0 Å². The molecule has 1 aliphatic carbocycles. The van der Waals surface area contributed by atoms with E-state index in [2.05, 4.69) is 15.4 Å². The number of carbonyl (C=O) groups is 1. The first kappa shape index (κ1) is 10.5. The molecule has 14 heavy (non-hydrogen) atoms. The molecule has 1 saturated carbocycles. The number of carbonyl (C=O) groups excluding carboxylic acids is 1. The summed E-state index contributed by atoms with van der Waals surface area (Å²) >= 11 is 0. The quantitative estimate of drug-likeness (QED) is 0.698. The van der Waals surface area contributed by atoms with Crippen LogP contribution in [0.1, 0.15) is 25.7 Å². The summed E-state index contributed by atoms with van der Waals surface area (Å²) in [6.45, 7) is 0. The Morgan fingerprint density at radius 1 is 1.50 bits per heavy atom. The highest BCUT2D eigenvalue weighted by molar-refractivity contribution is 5.64. The third kappa shape index (κ3) is 4.44. The van der Waals surface area contributed by atoms with Gasteiger partial charge >= 0.3 is 6.09 Å². The Kier molecular flexibility index (Phi) is 4.46. The Balaban J connectivity index is 0.000000165. The van der Waals surface area contributed by atoms with Crippen LogP contribution in [0.4, 0.5) is 4.79 Å². The van der Waals surface area contributed by atoms with E-state index in [9.17, 15) is 4.79 Å². The first-order chi connectivity index (χ1) is 6.79. The Bertz CT molecular complexity index is 227. The Morgan fingerprint density at radius 2 is 2.21 bits per heavy atom. The third-order valence-electron chi connectivity index (χ3n) is 1.92. The van der Waals surface area contributed by atoms with Gasteiger partial charge in [0.15, 0.2) is 0 Å². The number of ether oxygens (including phenoxy) is 1. The Morgan fingerprint density at radius 3 is 2.57 bits per heavy atom. The maximum atomic E-state index is 10.2. The number of rotatable bonds is 1. The molecule has 0 radical (unpaired) electrons. The lowest BCUT2D eigenvalue weighted by molar-refractivity contribution is 0.110. The molecular formula is C8H14N4O2. The second-order valence-electron chi connectivity index (χ2n) is 3.00. The van der Waals surface area contributed by atoms with Crippen molar-refractivity contribution in [3.63, 3.8) is 0 Å². The van der Waals surface area contributed by atoms with Crippen LogP contribution in [-0.2, 0) is 4.74 Å². The molecule has 1 amide bonds. The number of H-pyrrole nitrogens is 1. The predicted molar refractivity (Wildman–Crippen MR) is 49.3 cm³/mol. The van der Waals surface area contributed by atoms with E-state index >= 15 is 0 Å². The number of nitrogens with zero attached hydrogens (tertiary/aromatic N) is 2. The molecule has 1 fully saturated rings. The summed E-state index contributed by atoms with van der Waals surface area (Å²) in [5.74, 6) is 0. The van der Waals surface area contributed by atoms with Crippen LogP contribution in [0.2, 0.25) is 0 Å². The summed E-state index contributed by atoms with van der Waals surface area (Å²) in [5.41, 5.74) is 4.81. The minimum atomic E-state index is -0.637. The molecule has 0 bridgehead atoms. The molecule has 0 aromatic carbocycles. The lowest BCUT2D eigenvalue weighted by atomic mass is 10.3. The van der Waals surface area contributed by atoms with Crippen molar-refractivity contribution in [1.82, 2.24) is 15.4 Å². The standard InChI is InChI=1S/C6H11NO2.C2H3N3/c7-6(8)9-5-3-1-2-4-5;1-2-4-5-3-1/h5H,1-4H2,(H2,7,8);1-2H,(H,3,4,5). The van der Waals surface area contributed by atoms with E-state index in [1.807, 2.05) is 0 Å². The zero-order valence-corrected chi connectivity index (χ0v) is 7.85. The highest BCUT2D eigenvalue weighted by Gasteiger charge is 2.17. The van der Waals surface area contributed by atoms with Gasteiger partial charge in [-0.2, -0.15) is 0 Å². The summed E-state index contributed by atoms with van der Waals surface area (Å²) in [6.07, 6.45) is 7.02. The minimum Gasteiger partial charge on any atom is -0.446 e. The van der Waals surface area contributed by atoms with Crippen LogP contribution in [-0.4, -0.2) is 27.6 Å². The molecule has 0 saturated heterocycles. The number of nitrogens with two attached hydrogens (primary N) is 1. The van der Waals surface area contributed by atoms with E-state index in [4.69, 9.17) is 10.5 Å². The van der Waals surface area contributed by atoms with E-state index < -0.39 is 6.09 Å². The van der Waals surface area contributed by atoms with Crippen LogP contribution in [0.15, 0.2) is 12.4 Å². The number of nitrogens with one attached hydrogen (secondary N) is 1. The third-order valence-corrected chi connectivity index (χ3v) is 1.92. The van der Waals surface area contributed by atoms with Crippen molar-refractivity contribution >= 4 is 6.09 Å². The summed E-state index contributed by atoms with van der Waals surface area (Å²) < 4.78 is 4.75. The number of primary amides is 1. The summed E-state index contributed by atoms with van der Waals surface area (Å²) in [5, 5.41) is 9.26. The summed E-state index contributed by atoms with van der Waals surface area (Å²) in [7, 11) is 0. The van der Waals surface area contributed by atoms with Gasteiger partial charge in [0.05, 0.1) is 6.20 Å². The number of hydrogen-bond donors (Lipinski definition) is 2. The molecule has 78 valence electrons. The number of amides is 1. The normalized spacial score (nSPS) is 15.7. The topological polar surface area (TPSA) is 93.9 Å². The lowest BCUT2D eigenvalue weighted by Gasteiger charge is -2.06. The molecule has 0 atom stereocenters. The second-order valence-corrected chi connectivity index (χ2v) is 3.00. The van der Waals surface area contributed by atoms with Gasteiger partial charge in [0.2, 0.25) is 0 Å². The van der Waals surface area contributed by atoms with Crippen molar-refractivity contribution < 1.29 is 9.53 Å². The summed E-state index contributed by atoms with van der Waals surface area (Å²) in [6, 6.07) is 0. The molecule has 1 aliphatic rings. The zero-order chi connectivity index (χ0) is 10.2. The van der Waals surface area contributed by atoms with Crippen molar-refractivity contribution in [3.05, 3.63) is 12.4 Å². The van der Waals surface area contributed by atoms with Crippen molar-refractivity contribution in [2.24, 2.45) is 5.73 Å². The van der Waals surface area contributed by atoms with Gasteiger partial charge in [-0.15, -0.1) is 5.10 Å². The fraction of sp³-hybridized carbons (Fsp3) is 0.625. The largest absolute Gasteiger partial charge is 0.446 e. The van der Waals surface area contributed by atoms with Crippen molar-refractivity contribution in [2.45, 2.75) is 31.8 Å². The number of aromatic amines is 1. The second kappa shape index (κ2) is 5.95. The van der Waals surface area contributed by atoms with Gasteiger partial charge in [-0.05, 0) is 25.7 Å². The fourth-order valence-electron chi connectivity index (χ4n) is 1.34. The van der Waals surface area contributed by atoms with Gasteiger partial charge in [-0.25, -0.2) is 4.79 Å². The molecule has 6 heteroatoms. The number of hydrogen-bond acceptors (Lipinski definition) is 4. The Hall–Kier alpha value is -1.59. The maximum absolute atomic E-state index is 10.2. The van der Waals surface area contributed by atoms with Gasteiger partial charge in [-0.3, -0.25) is 5.10 Å². The lowest BCUT2D eigenvalue weighted by Crippen LogP contribution is -2.19. The van der Waals surface area contributed by atoms with E-state index in [1.54, 1.807) is 12.4 Å². The zero-order valence-electron chi connectivity index (χ0n) is 7.85. The van der Waals surface area contributed by atoms with E-state index in [0.717, 1.165) is 25.7 Å². The van der Waals surface area contributed by atoms with Crippen LogP contribution >= 0.6 is 0 Å². The van der Waals surface area contributed by atoms with Gasteiger partial charge in [0.1, 0.15) is 6.10 Å². The summed E-state index contributed by atoms with van der Waals surface area (Å²) in [4.78, 5) is 10.2. The highest BCUT2D eigenvalue weighted by atomic mass is 16.6. The first-order valence-corrected chi connectivity index (χ1v) is 4.55. The molecule has 1 aromatic rings. The minimum absolute atomic E-state index is 0.113. The maximum Gasteiger partial charge on any atom is 0.404 e. The average molecular weight is 198 g/mol. The SMILES string of the molecule is NC(=O)OC1CCCC1.c1c[nH]nn1. The molecule has 0 unspecified atom stereocenters. The molecule has 0 aliphatic heterocycles. The molecule has 2 rings (SSSR count). The molecular weight excluding hydrogens is 184 g/mol. The first-order valence-electron chi connectivity index (χ1n) is 4.55. The molecule has 1 heterocycles. The van der Waals surface area contributed by atoms with Gasteiger partial charge in [-0.1, -0.05) is 5.21 Å². The average Bonchev–Trinajstić information content (AvgIpc) is 2.75.